The topological polar surface area (TPSA) is 58.6 Å². The minimum Gasteiger partial charge on any atom is -0.492 e. The molecule has 1 atom stereocenters. The Morgan fingerprint density at radius 1 is 1.25 bits per heavy atom. The highest BCUT2D eigenvalue weighted by Crippen LogP contribution is 2.11. The van der Waals surface area contributed by atoms with Gasteiger partial charge in [0.25, 0.3) is 10.2 Å². The first-order valence-electron chi connectivity index (χ1n) is 6.36. The summed E-state index contributed by atoms with van der Waals surface area (Å²) in [6, 6.07) is 5.05. The van der Waals surface area contributed by atoms with E-state index < -0.39 is 16.3 Å². The zero-order valence-electron chi connectivity index (χ0n) is 12.1. The van der Waals surface area contributed by atoms with Crippen molar-refractivity contribution < 1.29 is 17.5 Å². The molecular weight excluding hydrogens is 283 g/mol. The first kappa shape index (κ1) is 16.9. The van der Waals surface area contributed by atoms with Crippen LogP contribution >= 0.6 is 0 Å². The molecule has 0 fully saturated rings. The maximum absolute atomic E-state index is 12.7. The zero-order valence-corrected chi connectivity index (χ0v) is 12.9. The van der Waals surface area contributed by atoms with Gasteiger partial charge >= 0.3 is 0 Å². The van der Waals surface area contributed by atoms with Crippen LogP contribution in [0.1, 0.15) is 20.8 Å². The molecule has 0 saturated carbocycles. The summed E-state index contributed by atoms with van der Waals surface area (Å²) in [5.74, 6) is 0.152. The first-order chi connectivity index (χ1) is 9.22. The van der Waals surface area contributed by atoms with Crippen molar-refractivity contribution in [2.24, 2.45) is 0 Å². The van der Waals surface area contributed by atoms with Crippen LogP contribution in [0.25, 0.3) is 0 Å². The number of ether oxygens (including phenoxy) is 1. The van der Waals surface area contributed by atoms with Gasteiger partial charge in [0.15, 0.2) is 0 Å². The lowest BCUT2D eigenvalue weighted by molar-refractivity contribution is 0.283. The van der Waals surface area contributed by atoms with E-state index >= 15 is 0 Å². The van der Waals surface area contributed by atoms with E-state index in [4.69, 9.17) is 4.74 Å². The Balaban J connectivity index is 2.51. The van der Waals surface area contributed by atoms with E-state index in [1.807, 2.05) is 0 Å². The Bertz CT molecular complexity index is 517. The molecule has 0 aliphatic carbocycles. The van der Waals surface area contributed by atoms with Crippen LogP contribution in [0, 0.1) is 5.82 Å². The third-order valence-electron chi connectivity index (χ3n) is 2.77. The molecule has 1 rings (SSSR count). The van der Waals surface area contributed by atoms with Crippen LogP contribution in [-0.4, -0.2) is 38.5 Å². The standard InChI is InChI=1S/C13H21FN2O3S/c1-10(2)16(4)20(17,18)15-11(3)9-19-13-7-5-12(14)6-8-13/h5-8,10-11,15H,9H2,1-4H3. The average Bonchev–Trinajstić information content (AvgIpc) is 2.36. The summed E-state index contributed by atoms with van der Waals surface area (Å²) in [7, 11) is -2.01. The number of rotatable bonds is 7. The quantitative estimate of drug-likeness (QED) is 0.835. The normalized spacial score (nSPS) is 13.8. The van der Waals surface area contributed by atoms with Gasteiger partial charge in [0, 0.05) is 13.1 Å². The van der Waals surface area contributed by atoms with Gasteiger partial charge in [-0.2, -0.15) is 17.4 Å². The van der Waals surface area contributed by atoms with Gasteiger partial charge in [-0.05, 0) is 45.0 Å². The van der Waals surface area contributed by atoms with Crippen molar-refractivity contribution in [3.63, 3.8) is 0 Å². The van der Waals surface area contributed by atoms with Gasteiger partial charge in [-0.15, -0.1) is 0 Å². The molecule has 0 heterocycles. The fourth-order valence-corrected chi connectivity index (χ4v) is 2.70. The summed E-state index contributed by atoms with van der Waals surface area (Å²) in [6.45, 7) is 5.45. The number of benzene rings is 1. The van der Waals surface area contributed by atoms with E-state index in [1.165, 1.54) is 35.6 Å². The van der Waals surface area contributed by atoms with Crippen molar-refractivity contribution in [2.45, 2.75) is 32.9 Å². The van der Waals surface area contributed by atoms with Gasteiger partial charge < -0.3 is 4.74 Å². The molecule has 0 spiro atoms. The maximum Gasteiger partial charge on any atom is 0.279 e. The molecule has 1 unspecified atom stereocenters. The third-order valence-corrected chi connectivity index (χ3v) is 4.65. The second-order valence-electron chi connectivity index (χ2n) is 4.90. The van der Waals surface area contributed by atoms with Crippen LogP contribution in [0.2, 0.25) is 0 Å². The highest BCUT2D eigenvalue weighted by molar-refractivity contribution is 7.87. The van der Waals surface area contributed by atoms with Crippen LogP contribution in [0.5, 0.6) is 5.75 Å². The molecule has 0 amide bonds. The van der Waals surface area contributed by atoms with Crippen molar-refractivity contribution in [1.82, 2.24) is 9.03 Å². The molecule has 7 heteroatoms. The summed E-state index contributed by atoms with van der Waals surface area (Å²) in [4.78, 5) is 0. The molecule has 0 bridgehead atoms. The van der Waals surface area contributed by atoms with Gasteiger partial charge in [-0.1, -0.05) is 0 Å². The molecule has 0 aliphatic rings. The fraction of sp³-hybridized carbons (Fsp3) is 0.538. The smallest absolute Gasteiger partial charge is 0.279 e. The number of nitrogens with zero attached hydrogens (tertiary/aromatic N) is 1. The molecule has 0 saturated heterocycles. The van der Waals surface area contributed by atoms with Crippen LogP contribution in [0.3, 0.4) is 0 Å². The fourth-order valence-electron chi connectivity index (χ4n) is 1.40. The molecular formula is C13H21FN2O3S. The summed E-state index contributed by atoms with van der Waals surface area (Å²) in [5, 5.41) is 0. The minimum atomic E-state index is -3.53. The Labute approximate surface area is 119 Å². The van der Waals surface area contributed by atoms with Gasteiger partial charge in [0.2, 0.25) is 0 Å². The molecule has 1 aromatic rings. The van der Waals surface area contributed by atoms with Crippen molar-refractivity contribution in [2.75, 3.05) is 13.7 Å². The predicted molar refractivity (Wildman–Crippen MR) is 76.3 cm³/mol. The number of hydrogen-bond acceptors (Lipinski definition) is 3. The molecule has 1 aromatic carbocycles. The van der Waals surface area contributed by atoms with E-state index in [0.29, 0.717) is 5.75 Å². The Hall–Kier alpha value is -1.18. The predicted octanol–water partition coefficient (Wildman–Crippen LogP) is 1.77. The number of hydrogen-bond donors (Lipinski definition) is 1. The van der Waals surface area contributed by atoms with E-state index in [2.05, 4.69) is 4.72 Å². The minimum absolute atomic E-state index is 0.127. The molecule has 0 aliphatic heterocycles. The van der Waals surface area contributed by atoms with Gasteiger partial charge in [0.05, 0.1) is 6.04 Å². The Morgan fingerprint density at radius 2 is 1.80 bits per heavy atom. The number of halogens is 1. The maximum atomic E-state index is 12.7. The lowest BCUT2D eigenvalue weighted by atomic mass is 10.3. The highest BCUT2D eigenvalue weighted by Gasteiger charge is 2.22. The van der Waals surface area contributed by atoms with Crippen LogP contribution < -0.4 is 9.46 Å². The largest absolute Gasteiger partial charge is 0.492 e. The van der Waals surface area contributed by atoms with Crippen molar-refractivity contribution in [3.8, 4) is 5.75 Å². The second-order valence-corrected chi connectivity index (χ2v) is 6.66. The SMILES string of the molecule is CC(COc1ccc(F)cc1)NS(=O)(=O)N(C)C(C)C. The van der Waals surface area contributed by atoms with E-state index in [-0.39, 0.29) is 18.5 Å². The first-order valence-corrected chi connectivity index (χ1v) is 7.80. The van der Waals surface area contributed by atoms with E-state index in [0.717, 1.165) is 0 Å². The third kappa shape index (κ3) is 5.07. The lowest BCUT2D eigenvalue weighted by Gasteiger charge is -2.24. The lowest BCUT2D eigenvalue weighted by Crippen LogP contribution is -2.46. The van der Waals surface area contributed by atoms with Gasteiger partial charge in [-0.25, -0.2) is 4.39 Å². The van der Waals surface area contributed by atoms with Crippen LogP contribution in [0.4, 0.5) is 4.39 Å². The zero-order chi connectivity index (χ0) is 15.3. The Kier molecular flexibility index (Phi) is 5.91. The van der Waals surface area contributed by atoms with Crippen molar-refractivity contribution in [3.05, 3.63) is 30.1 Å². The molecule has 1 N–H and O–H groups in total. The average molecular weight is 304 g/mol. The summed E-state index contributed by atoms with van der Waals surface area (Å²) in [6.07, 6.45) is 0. The van der Waals surface area contributed by atoms with Crippen LogP contribution in [0.15, 0.2) is 24.3 Å². The monoisotopic (exact) mass is 304 g/mol. The van der Waals surface area contributed by atoms with Gasteiger partial charge in [-0.3, -0.25) is 0 Å². The molecule has 5 nitrogen and oxygen atoms in total. The van der Waals surface area contributed by atoms with Crippen molar-refractivity contribution >= 4 is 10.2 Å². The second kappa shape index (κ2) is 7.01. The molecule has 114 valence electrons. The van der Waals surface area contributed by atoms with Gasteiger partial charge in [0.1, 0.15) is 18.2 Å². The van der Waals surface area contributed by atoms with E-state index in [9.17, 15) is 12.8 Å². The van der Waals surface area contributed by atoms with E-state index in [1.54, 1.807) is 20.8 Å². The molecule has 20 heavy (non-hydrogen) atoms. The Morgan fingerprint density at radius 3 is 2.30 bits per heavy atom. The van der Waals surface area contributed by atoms with Crippen molar-refractivity contribution in [1.29, 1.82) is 0 Å². The molecule has 0 aromatic heterocycles. The highest BCUT2D eigenvalue weighted by atomic mass is 32.2. The number of nitrogens with one attached hydrogen (secondary N) is 1. The van der Waals surface area contributed by atoms with Crippen LogP contribution in [-0.2, 0) is 10.2 Å². The molecule has 0 radical (unpaired) electrons. The summed E-state index contributed by atoms with van der Waals surface area (Å²) in [5.41, 5.74) is 0. The summed E-state index contributed by atoms with van der Waals surface area (Å²) < 4.78 is 45.8. The summed E-state index contributed by atoms with van der Waals surface area (Å²) >= 11 is 0.